The number of ether oxygens (including phenoxy) is 1. The Morgan fingerprint density at radius 2 is 1.68 bits per heavy atom. The molecular formula is C21H15F3N2O2. The first kappa shape index (κ1) is 17.9. The molecule has 0 fully saturated rings. The molecule has 1 N–H and O–H groups in total. The van der Waals surface area contributed by atoms with Gasteiger partial charge in [-0.3, -0.25) is 0 Å². The summed E-state index contributed by atoms with van der Waals surface area (Å²) < 4.78 is 45.6. The summed E-state index contributed by atoms with van der Waals surface area (Å²) in [7, 11) is 0. The Balaban J connectivity index is 1.64. The second-order valence-electron chi connectivity index (χ2n) is 6.21. The molecule has 0 saturated carbocycles. The Hall–Kier alpha value is -3.48. The van der Waals surface area contributed by atoms with Crippen LogP contribution < -0.4 is 4.74 Å². The van der Waals surface area contributed by atoms with E-state index in [1.54, 1.807) is 35.1 Å². The van der Waals surface area contributed by atoms with Gasteiger partial charge in [-0.15, -0.1) is 0 Å². The maximum absolute atomic E-state index is 12.8. The minimum atomic E-state index is -4.38. The summed E-state index contributed by atoms with van der Waals surface area (Å²) in [5.74, 6) is 0.421. The van der Waals surface area contributed by atoms with E-state index in [9.17, 15) is 18.3 Å². The number of hydrogen-bond acceptors (Lipinski definition) is 3. The lowest BCUT2D eigenvalue weighted by Gasteiger charge is -2.10. The minimum Gasteiger partial charge on any atom is -0.504 e. The molecule has 7 heteroatoms. The first-order chi connectivity index (χ1) is 13.4. The van der Waals surface area contributed by atoms with Gasteiger partial charge in [0.2, 0.25) is 0 Å². The molecule has 0 atom stereocenters. The average Bonchev–Trinajstić information content (AvgIpc) is 3.11. The lowest BCUT2D eigenvalue weighted by atomic mass is 10.1. The van der Waals surface area contributed by atoms with E-state index >= 15 is 0 Å². The largest absolute Gasteiger partial charge is 0.504 e. The van der Waals surface area contributed by atoms with Crippen LogP contribution in [0.2, 0.25) is 0 Å². The topological polar surface area (TPSA) is 47.3 Å². The molecule has 0 unspecified atom stereocenters. The highest BCUT2D eigenvalue weighted by Gasteiger charge is 2.30. The van der Waals surface area contributed by atoms with Gasteiger partial charge in [-0.2, -0.15) is 18.3 Å². The monoisotopic (exact) mass is 384 g/mol. The van der Waals surface area contributed by atoms with Gasteiger partial charge in [0.1, 0.15) is 6.61 Å². The maximum atomic E-state index is 12.8. The normalized spacial score (nSPS) is 11.7. The Kier molecular flexibility index (Phi) is 4.43. The van der Waals surface area contributed by atoms with Crippen molar-refractivity contribution in [3.05, 3.63) is 84.1 Å². The predicted octanol–water partition coefficient (Wildman–Crippen LogP) is 5.33. The Bertz CT molecular complexity index is 1120. The lowest BCUT2D eigenvalue weighted by molar-refractivity contribution is -0.137. The first-order valence-corrected chi connectivity index (χ1v) is 8.47. The highest BCUT2D eigenvalue weighted by molar-refractivity contribution is 5.83. The molecule has 1 aromatic heterocycles. The molecule has 0 radical (unpaired) electrons. The maximum Gasteiger partial charge on any atom is 0.416 e. The molecule has 0 saturated heterocycles. The molecule has 1 heterocycles. The third-order valence-electron chi connectivity index (χ3n) is 4.39. The van der Waals surface area contributed by atoms with Crippen molar-refractivity contribution in [3.8, 4) is 17.2 Å². The van der Waals surface area contributed by atoms with E-state index < -0.39 is 11.7 Å². The van der Waals surface area contributed by atoms with E-state index in [-0.39, 0.29) is 12.4 Å². The van der Waals surface area contributed by atoms with Crippen molar-refractivity contribution in [2.75, 3.05) is 0 Å². The summed E-state index contributed by atoms with van der Waals surface area (Å²) in [5.41, 5.74) is 1.42. The Morgan fingerprint density at radius 3 is 2.39 bits per heavy atom. The highest BCUT2D eigenvalue weighted by atomic mass is 19.4. The van der Waals surface area contributed by atoms with Crippen molar-refractivity contribution in [2.24, 2.45) is 0 Å². The van der Waals surface area contributed by atoms with E-state index in [4.69, 9.17) is 4.74 Å². The van der Waals surface area contributed by atoms with Crippen molar-refractivity contribution >= 4 is 10.9 Å². The SMILES string of the molecule is Oc1ccccc1OCc1cccc2c1cnn2-c1ccc(C(F)(F)F)cc1. The van der Waals surface area contributed by atoms with Crippen LogP contribution in [-0.2, 0) is 12.8 Å². The van der Waals surface area contributed by atoms with Crippen LogP contribution in [0, 0.1) is 0 Å². The lowest BCUT2D eigenvalue weighted by Crippen LogP contribution is -2.05. The predicted molar refractivity (Wildman–Crippen MR) is 98.5 cm³/mol. The second-order valence-corrected chi connectivity index (χ2v) is 6.21. The third-order valence-corrected chi connectivity index (χ3v) is 4.39. The van der Waals surface area contributed by atoms with E-state index in [0.29, 0.717) is 11.4 Å². The molecular weight excluding hydrogens is 369 g/mol. The number of rotatable bonds is 4. The summed E-state index contributed by atoms with van der Waals surface area (Å²) in [6, 6.07) is 17.1. The van der Waals surface area contributed by atoms with Gasteiger partial charge in [0.15, 0.2) is 11.5 Å². The molecule has 4 aromatic rings. The van der Waals surface area contributed by atoms with Crippen molar-refractivity contribution in [2.45, 2.75) is 12.8 Å². The van der Waals surface area contributed by atoms with Crippen molar-refractivity contribution < 1.29 is 23.0 Å². The van der Waals surface area contributed by atoms with E-state index in [0.717, 1.165) is 28.6 Å². The Labute approximate surface area is 158 Å². The van der Waals surface area contributed by atoms with Crippen LogP contribution in [0.3, 0.4) is 0 Å². The number of aromatic nitrogens is 2. The zero-order valence-corrected chi connectivity index (χ0v) is 14.5. The number of benzene rings is 3. The van der Waals surface area contributed by atoms with Gasteiger partial charge in [0.05, 0.1) is 23.0 Å². The number of hydrogen-bond donors (Lipinski definition) is 1. The molecule has 3 aromatic carbocycles. The number of phenolic OH excluding ortho intramolecular Hbond substituents is 1. The van der Waals surface area contributed by atoms with Crippen LogP contribution in [0.1, 0.15) is 11.1 Å². The Morgan fingerprint density at radius 1 is 0.929 bits per heavy atom. The second kappa shape index (κ2) is 6.92. The summed E-state index contributed by atoms with van der Waals surface area (Å²) in [6.45, 7) is 0.216. The molecule has 0 aliphatic carbocycles. The quantitative estimate of drug-likeness (QED) is 0.517. The number of alkyl halides is 3. The van der Waals surface area contributed by atoms with E-state index in [1.165, 1.54) is 12.1 Å². The summed E-state index contributed by atoms with van der Waals surface area (Å²) in [6.07, 6.45) is -2.73. The molecule has 0 aliphatic rings. The van der Waals surface area contributed by atoms with Crippen LogP contribution in [0.5, 0.6) is 11.5 Å². The van der Waals surface area contributed by atoms with Gasteiger partial charge in [-0.1, -0.05) is 24.3 Å². The van der Waals surface area contributed by atoms with Gasteiger partial charge >= 0.3 is 6.18 Å². The van der Waals surface area contributed by atoms with Crippen LogP contribution in [-0.4, -0.2) is 14.9 Å². The van der Waals surface area contributed by atoms with Gasteiger partial charge in [0, 0.05) is 10.9 Å². The molecule has 4 rings (SSSR count). The summed E-state index contributed by atoms with van der Waals surface area (Å²) >= 11 is 0. The van der Waals surface area contributed by atoms with Gasteiger partial charge in [-0.05, 0) is 42.5 Å². The number of halogens is 3. The summed E-state index contributed by atoms with van der Waals surface area (Å²) in [5, 5.41) is 15.0. The first-order valence-electron chi connectivity index (χ1n) is 8.47. The number of para-hydroxylation sites is 2. The van der Waals surface area contributed by atoms with E-state index in [1.807, 2.05) is 18.2 Å². The fourth-order valence-electron chi connectivity index (χ4n) is 2.97. The molecule has 28 heavy (non-hydrogen) atoms. The smallest absolute Gasteiger partial charge is 0.416 e. The number of aromatic hydroxyl groups is 1. The number of phenols is 1. The third kappa shape index (κ3) is 3.38. The van der Waals surface area contributed by atoms with Crippen LogP contribution in [0.4, 0.5) is 13.2 Å². The number of fused-ring (bicyclic) bond motifs is 1. The van der Waals surface area contributed by atoms with Gasteiger partial charge < -0.3 is 9.84 Å². The molecule has 0 spiro atoms. The average molecular weight is 384 g/mol. The summed E-state index contributed by atoms with van der Waals surface area (Å²) in [4.78, 5) is 0. The fourth-order valence-corrected chi connectivity index (χ4v) is 2.97. The van der Waals surface area contributed by atoms with Crippen LogP contribution >= 0.6 is 0 Å². The van der Waals surface area contributed by atoms with Gasteiger partial charge in [0.25, 0.3) is 0 Å². The van der Waals surface area contributed by atoms with Crippen molar-refractivity contribution in [1.29, 1.82) is 0 Å². The standard InChI is InChI=1S/C21H15F3N2O2/c22-21(23,24)15-8-10-16(11-9-15)26-18-5-3-4-14(17(18)12-25-26)13-28-20-7-2-1-6-19(20)27/h1-12,27H,13H2. The molecule has 0 amide bonds. The van der Waals surface area contributed by atoms with Crippen LogP contribution in [0.25, 0.3) is 16.6 Å². The molecule has 4 nitrogen and oxygen atoms in total. The van der Waals surface area contributed by atoms with Gasteiger partial charge in [-0.25, -0.2) is 4.68 Å². The zero-order chi connectivity index (χ0) is 19.7. The van der Waals surface area contributed by atoms with E-state index in [2.05, 4.69) is 5.10 Å². The van der Waals surface area contributed by atoms with Crippen LogP contribution in [0.15, 0.2) is 72.9 Å². The van der Waals surface area contributed by atoms with Crippen molar-refractivity contribution in [3.63, 3.8) is 0 Å². The molecule has 142 valence electrons. The van der Waals surface area contributed by atoms with Crippen molar-refractivity contribution in [1.82, 2.24) is 9.78 Å². The zero-order valence-electron chi connectivity index (χ0n) is 14.5. The minimum absolute atomic E-state index is 0.0510. The highest BCUT2D eigenvalue weighted by Crippen LogP contribution is 2.31. The fraction of sp³-hybridized carbons (Fsp3) is 0.0952. The number of nitrogens with zero attached hydrogens (tertiary/aromatic N) is 2. The molecule has 0 aliphatic heterocycles. The molecule has 0 bridgehead atoms.